The van der Waals surface area contributed by atoms with Crippen LogP contribution in [0.1, 0.15) is 86.1 Å². The summed E-state index contributed by atoms with van der Waals surface area (Å²) in [5.74, 6) is -9.57. The molecule has 10 atom stereocenters. The number of aliphatic hydroxyl groups excluding tert-OH is 1. The van der Waals surface area contributed by atoms with Crippen molar-refractivity contribution in [3.05, 3.63) is 29.8 Å². The Morgan fingerprint density at radius 2 is 1.43 bits per heavy atom. The van der Waals surface area contributed by atoms with Crippen LogP contribution >= 0.6 is 21.6 Å². The number of primary amides is 2. The summed E-state index contributed by atoms with van der Waals surface area (Å²) in [4.78, 5) is 137. The molecule has 0 aromatic heterocycles. The minimum absolute atomic E-state index is 0.0435. The molecule has 2 heterocycles. The molecule has 0 radical (unpaired) electrons. The molecule has 2 aliphatic rings. The van der Waals surface area contributed by atoms with Gasteiger partial charge in [0.05, 0.1) is 25.1 Å². The zero-order valence-electron chi connectivity index (χ0n) is 40.0. The fraction of sp³-hybridized carbons (Fsp3) is 0.636. The van der Waals surface area contributed by atoms with E-state index in [1.54, 1.807) is 39.8 Å². The zero-order valence-corrected chi connectivity index (χ0v) is 41.6. The molecule has 2 aliphatic heterocycles. The lowest BCUT2D eigenvalue weighted by atomic mass is 9.96. The monoisotopic (exact) mass is 1010 g/mol. The Morgan fingerprint density at radius 1 is 0.841 bits per heavy atom. The third-order valence-corrected chi connectivity index (χ3v) is 15.0. The first-order valence-corrected chi connectivity index (χ1v) is 25.1. The Bertz CT molecular complexity index is 2040. The molecule has 384 valence electrons. The molecule has 15 N–H and O–H groups in total. The Hall–Kier alpha value is -5.66. The number of nitrogens with zero attached hydrogens (tertiary/aromatic N) is 1. The molecule has 1 aromatic rings. The second-order valence-corrected chi connectivity index (χ2v) is 21.3. The van der Waals surface area contributed by atoms with Crippen molar-refractivity contribution >= 4 is 80.7 Å². The summed E-state index contributed by atoms with van der Waals surface area (Å²) >= 11 is 0. The maximum Gasteiger partial charge on any atom is 0.246 e. The quantitative estimate of drug-likeness (QED) is 0.0795. The maximum atomic E-state index is 14.6. The van der Waals surface area contributed by atoms with Gasteiger partial charge in [-0.25, -0.2) is 0 Å². The van der Waals surface area contributed by atoms with Crippen molar-refractivity contribution in [3.8, 4) is 5.75 Å². The predicted molar refractivity (Wildman–Crippen MR) is 257 cm³/mol. The highest BCUT2D eigenvalue weighted by Gasteiger charge is 2.42. The van der Waals surface area contributed by atoms with Crippen LogP contribution in [0.4, 0.5) is 0 Å². The molecule has 0 aliphatic carbocycles. The molecule has 69 heavy (non-hydrogen) atoms. The van der Waals surface area contributed by atoms with Crippen LogP contribution in [0.3, 0.4) is 0 Å². The topological polar surface area (TPSA) is 377 Å². The molecule has 1 aromatic carbocycles. The number of amides is 10. The molecule has 10 amide bonds. The first kappa shape index (κ1) is 57.7. The van der Waals surface area contributed by atoms with E-state index in [2.05, 4.69) is 37.2 Å². The minimum atomic E-state index is -1.77. The molecule has 23 nitrogen and oxygen atoms in total. The normalized spacial score (nSPS) is 25.6. The number of phenolic OH excluding ortho intramolecular Hbond substituents is 1. The van der Waals surface area contributed by atoms with Crippen molar-refractivity contribution in [2.75, 3.05) is 18.8 Å². The average molecular weight is 1010 g/mol. The van der Waals surface area contributed by atoms with Crippen LogP contribution in [-0.2, 0) is 54.4 Å². The smallest absolute Gasteiger partial charge is 0.246 e. The summed E-state index contributed by atoms with van der Waals surface area (Å²) in [5.41, 5.74) is 17.8. The van der Waals surface area contributed by atoms with Gasteiger partial charge in [0.25, 0.3) is 0 Å². The molecular weight excluding hydrogens is 939 g/mol. The van der Waals surface area contributed by atoms with E-state index in [4.69, 9.17) is 17.2 Å². The summed E-state index contributed by atoms with van der Waals surface area (Å²) in [6.07, 6.45) is -1.48. The van der Waals surface area contributed by atoms with E-state index in [9.17, 15) is 58.2 Å². The van der Waals surface area contributed by atoms with Gasteiger partial charge in [0.15, 0.2) is 0 Å². The highest BCUT2D eigenvalue weighted by molar-refractivity contribution is 8.77. The zero-order chi connectivity index (χ0) is 51.9. The SMILES string of the molecule is CC[C@H](C)C1NC(=O)[C@H](Cc2ccc(O)cc2)NC(=O)[C@H](N)C(C)(C)SSC[C@@H](C(=O)N2CCC[C@H]2C(=O)N[C@@H](CC(C)C)C(=O)NCC(N)=O)NC(=O)[C@H](CC(N)=O)NC(=O)[C@H]([C@@H](C)O)NC1=O. The summed E-state index contributed by atoms with van der Waals surface area (Å²) < 4.78 is -1.15. The van der Waals surface area contributed by atoms with Gasteiger partial charge >= 0.3 is 0 Å². The number of carbonyl (C=O) groups is 10. The van der Waals surface area contributed by atoms with Gasteiger partial charge in [0, 0.05) is 23.5 Å². The summed E-state index contributed by atoms with van der Waals surface area (Å²) in [7, 11) is 2.09. The van der Waals surface area contributed by atoms with E-state index in [0.29, 0.717) is 18.4 Å². The molecule has 0 bridgehead atoms. The van der Waals surface area contributed by atoms with Crippen LogP contribution in [0.5, 0.6) is 5.75 Å². The number of aliphatic hydroxyl groups is 1. The van der Waals surface area contributed by atoms with Gasteiger partial charge in [-0.1, -0.05) is 67.8 Å². The molecule has 25 heteroatoms. The maximum absolute atomic E-state index is 14.6. The van der Waals surface area contributed by atoms with Crippen molar-refractivity contribution in [1.82, 2.24) is 42.1 Å². The van der Waals surface area contributed by atoms with Crippen LogP contribution in [0.25, 0.3) is 0 Å². The Balaban J connectivity index is 2.09. The lowest BCUT2D eigenvalue weighted by Crippen LogP contribution is -2.63. The molecule has 3 rings (SSSR count). The van der Waals surface area contributed by atoms with Crippen LogP contribution < -0.4 is 54.4 Å². The van der Waals surface area contributed by atoms with Crippen molar-refractivity contribution in [2.24, 2.45) is 29.0 Å². The largest absolute Gasteiger partial charge is 0.508 e. The minimum Gasteiger partial charge on any atom is -0.508 e. The number of rotatable bonds is 15. The van der Waals surface area contributed by atoms with E-state index in [1.807, 2.05) is 13.8 Å². The molecule has 2 saturated heterocycles. The molecular formula is C44H69N11O12S2. The number of hydrogen-bond donors (Lipinski definition) is 12. The van der Waals surface area contributed by atoms with E-state index in [-0.39, 0.29) is 43.2 Å². The van der Waals surface area contributed by atoms with Crippen LogP contribution in [0.15, 0.2) is 24.3 Å². The first-order chi connectivity index (χ1) is 32.2. The van der Waals surface area contributed by atoms with Crippen molar-refractivity contribution in [1.29, 1.82) is 0 Å². The molecule has 0 saturated carbocycles. The van der Waals surface area contributed by atoms with Gasteiger partial charge in [-0.15, -0.1) is 0 Å². The van der Waals surface area contributed by atoms with E-state index >= 15 is 0 Å². The van der Waals surface area contributed by atoms with Crippen LogP contribution in [0.2, 0.25) is 0 Å². The summed E-state index contributed by atoms with van der Waals surface area (Å²) in [5, 5.41) is 38.5. The van der Waals surface area contributed by atoms with Crippen molar-refractivity contribution < 1.29 is 58.2 Å². The lowest BCUT2D eigenvalue weighted by molar-refractivity contribution is -0.142. The van der Waals surface area contributed by atoms with Gasteiger partial charge in [-0.3, -0.25) is 47.9 Å². The molecule has 0 spiro atoms. The van der Waals surface area contributed by atoms with E-state index < -0.39 is 137 Å². The Labute approximate surface area is 409 Å². The van der Waals surface area contributed by atoms with Gasteiger partial charge in [0.1, 0.15) is 48.0 Å². The third-order valence-electron chi connectivity index (χ3n) is 11.7. The fourth-order valence-corrected chi connectivity index (χ4v) is 10.2. The van der Waals surface area contributed by atoms with Gasteiger partial charge in [-0.05, 0) is 69.6 Å². The Kier molecular flexibility index (Phi) is 22.0. The first-order valence-electron chi connectivity index (χ1n) is 22.7. The number of nitrogens with two attached hydrogens (primary N) is 3. The number of aromatic hydroxyl groups is 1. The van der Waals surface area contributed by atoms with E-state index in [1.165, 1.54) is 24.0 Å². The average Bonchev–Trinajstić information content (AvgIpc) is 3.77. The van der Waals surface area contributed by atoms with Crippen LogP contribution in [0, 0.1) is 11.8 Å². The Morgan fingerprint density at radius 3 is 2.01 bits per heavy atom. The predicted octanol–water partition coefficient (Wildman–Crippen LogP) is -2.71. The lowest BCUT2D eigenvalue weighted by Gasteiger charge is -2.33. The molecule has 2 fully saturated rings. The number of likely N-dealkylation sites (tertiary alicyclic amines) is 1. The highest BCUT2D eigenvalue weighted by Crippen LogP contribution is 2.38. The van der Waals surface area contributed by atoms with Gasteiger partial charge in [-0.2, -0.15) is 0 Å². The van der Waals surface area contributed by atoms with E-state index in [0.717, 1.165) is 21.6 Å². The summed E-state index contributed by atoms with van der Waals surface area (Å²) in [6, 6.07) is -5.34. The number of carbonyl (C=O) groups excluding carboxylic acids is 10. The van der Waals surface area contributed by atoms with Crippen LogP contribution in [-0.4, -0.2) is 152 Å². The summed E-state index contributed by atoms with van der Waals surface area (Å²) in [6.45, 7) is 11.1. The van der Waals surface area contributed by atoms with Gasteiger partial charge in [0.2, 0.25) is 59.1 Å². The van der Waals surface area contributed by atoms with Crippen molar-refractivity contribution in [3.63, 3.8) is 0 Å². The third kappa shape index (κ3) is 17.4. The molecule has 1 unspecified atom stereocenters. The fourth-order valence-electron chi connectivity index (χ4n) is 7.45. The van der Waals surface area contributed by atoms with Crippen molar-refractivity contribution in [2.45, 2.75) is 146 Å². The van der Waals surface area contributed by atoms with Gasteiger partial charge < -0.3 is 69.5 Å². The standard InChI is InChI=1S/C44H69N11O12S2/c1-8-22(4)33-40(64)54-34(23(5)56)41(65)50-28(18-31(45)58)37(61)52-29(43(67)55-15-9-10-30(55)39(63)49-26(16-21(2)3)36(60)48-19-32(46)59)20-68-69-44(6,7)35(47)42(66)51-27(38(62)53-33)17-24-11-13-25(57)14-12-24/h11-14,21-23,26-30,33-35,56-57H,8-10,15-20,47H2,1-7H3,(H2,45,58)(H2,46,59)(H,48,60)(H,49,63)(H,50,65)(H,51,66)(H,52,61)(H,53,62)(H,54,64)/t22-,23+,26-,27-,28-,29-,30-,33?,34-,35-/m0/s1. The number of benzene rings is 1. The highest BCUT2D eigenvalue weighted by atomic mass is 33.1. The second-order valence-electron chi connectivity index (χ2n) is 18.3. The number of hydrogen-bond acceptors (Lipinski definition) is 15. The number of nitrogens with one attached hydrogen (secondary N) is 7. The number of phenols is 1. The second kappa shape index (κ2) is 26.4.